The van der Waals surface area contributed by atoms with E-state index in [0.29, 0.717) is 5.84 Å². The molecule has 6 N–H and O–H groups in total. The zero-order chi connectivity index (χ0) is 32.9. The molecule has 1 aliphatic rings. The van der Waals surface area contributed by atoms with Gasteiger partial charge >= 0.3 is 0 Å². The first-order chi connectivity index (χ1) is 20.9. The fraction of sp³-hybridized carbons (Fsp3) is 0.444. The van der Waals surface area contributed by atoms with Gasteiger partial charge in [-0.1, -0.05) is 53.7 Å². The summed E-state index contributed by atoms with van der Waals surface area (Å²) < 4.78 is 8.44. The average molecular weight is 627 g/mol. The highest BCUT2D eigenvalue weighted by atomic mass is 28.4. The molecule has 2 heterocycles. The highest BCUT2D eigenvalue weighted by Gasteiger charge is 2.49. The number of hydrogen-bond acceptors (Lipinski definition) is 6. The number of phenols is 1. The van der Waals surface area contributed by atoms with E-state index in [0.717, 1.165) is 64.2 Å². The smallest absolute Gasteiger partial charge is 0.250 e. The van der Waals surface area contributed by atoms with Gasteiger partial charge in [0.05, 0.1) is 28.7 Å². The zero-order valence-electron chi connectivity index (χ0n) is 28.3. The number of aromatic nitrogens is 2. The molecule has 9 heteroatoms. The molecule has 240 valence electrons. The second kappa shape index (κ2) is 11.5. The molecule has 0 unspecified atom stereocenters. The van der Waals surface area contributed by atoms with Gasteiger partial charge in [0.1, 0.15) is 17.3 Å². The molecule has 0 amide bonds. The van der Waals surface area contributed by atoms with Crippen molar-refractivity contribution >= 4 is 31.0 Å². The summed E-state index contributed by atoms with van der Waals surface area (Å²) in [5, 5.41) is 18.8. The normalized spacial score (nSPS) is 20.5. The summed E-state index contributed by atoms with van der Waals surface area (Å²) in [7, 11) is -1.99. The summed E-state index contributed by atoms with van der Waals surface area (Å²) in [5.41, 5.74) is 19.3. The minimum atomic E-state index is -1.99. The number of nitrogens with zero attached hydrogens (tertiary/aromatic N) is 3. The molecular formula is C36H50N6O2Si. The number of amidine groups is 1. The lowest BCUT2D eigenvalue weighted by atomic mass is 9.75. The van der Waals surface area contributed by atoms with Crippen molar-refractivity contribution in [2.45, 2.75) is 97.4 Å². The molecule has 0 radical (unpaired) electrons. The van der Waals surface area contributed by atoms with E-state index < -0.39 is 8.32 Å². The topological polar surface area (TPSA) is 123 Å². The Morgan fingerprint density at radius 2 is 1.87 bits per heavy atom. The maximum atomic E-state index is 10.1. The van der Waals surface area contributed by atoms with Crippen LogP contribution >= 0.6 is 0 Å². The summed E-state index contributed by atoms with van der Waals surface area (Å²) in [6.45, 7) is 20.0. The average Bonchev–Trinajstić information content (AvgIpc) is 3.47. The standard InChI is InChI=1S/C36H50N6O2Si/c1-10-23-19-27(44-45(8,9)34(2,3)4)14-15-29(23)40-33(37)28-21-39-42-22-25(24-12-11-13-26(43)18-24)20-30(42)32(28)41-31-16-17-36(7,38)35(31,5)6/h11-15,18-22,31,41,43H,10,16-17,38H2,1-9H3,(H2,37,40)/t31-,36+/m1/s1. The molecule has 0 bridgehead atoms. The molecule has 5 rings (SSSR count). The van der Waals surface area contributed by atoms with Crippen molar-refractivity contribution in [3.8, 4) is 22.6 Å². The summed E-state index contributed by atoms with van der Waals surface area (Å²) in [5.74, 6) is 1.47. The lowest BCUT2D eigenvalue weighted by Gasteiger charge is -2.39. The highest BCUT2D eigenvalue weighted by Crippen LogP contribution is 2.46. The number of aryl methyl sites for hydroxylation is 1. The van der Waals surface area contributed by atoms with Gasteiger partial charge in [-0.15, -0.1) is 0 Å². The molecule has 1 fully saturated rings. The number of aromatic hydroxyl groups is 1. The number of fused-ring (bicyclic) bond motifs is 1. The molecule has 0 saturated heterocycles. The Bertz CT molecular complexity index is 1750. The number of aliphatic imine (C=N–C) groups is 1. The molecule has 45 heavy (non-hydrogen) atoms. The van der Waals surface area contributed by atoms with Gasteiger partial charge in [0.15, 0.2) is 0 Å². The third kappa shape index (κ3) is 6.20. The van der Waals surface area contributed by atoms with Crippen molar-refractivity contribution in [3.63, 3.8) is 0 Å². The van der Waals surface area contributed by atoms with Gasteiger partial charge in [-0.3, -0.25) is 0 Å². The Morgan fingerprint density at radius 1 is 1.13 bits per heavy atom. The first-order valence-electron chi connectivity index (χ1n) is 16.0. The summed E-state index contributed by atoms with van der Waals surface area (Å²) in [6, 6.07) is 15.5. The van der Waals surface area contributed by atoms with Crippen LogP contribution in [-0.2, 0) is 6.42 Å². The Hall–Kier alpha value is -3.82. The molecule has 0 aliphatic heterocycles. The molecule has 1 saturated carbocycles. The number of hydrogen-bond donors (Lipinski definition) is 4. The number of nitrogens with one attached hydrogen (secondary N) is 1. The van der Waals surface area contributed by atoms with Gasteiger partial charge in [0.25, 0.3) is 0 Å². The van der Waals surface area contributed by atoms with Crippen LogP contribution in [0.2, 0.25) is 18.1 Å². The van der Waals surface area contributed by atoms with Gasteiger partial charge in [-0.2, -0.15) is 5.10 Å². The fourth-order valence-corrected chi connectivity index (χ4v) is 6.88. The van der Waals surface area contributed by atoms with Crippen LogP contribution in [0.3, 0.4) is 0 Å². The maximum Gasteiger partial charge on any atom is 0.250 e. The van der Waals surface area contributed by atoms with Gasteiger partial charge in [0, 0.05) is 28.8 Å². The number of nitrogens with two attached hydrogens (primary N) is 2. The summed E-state index contributed by atoms with van der Waals surface area (Å²) in [4.78, 5) is 4.97. The van der Waals surface area contributed by atoms with Crippen molar-refractivity contribution in [3.05, 3.63) is 72.1 Å². The Balaban J connectivity index is 1.59. The monoisotopic (exact) mass is 626 g/mol. The Morgan fingerprint density at radius 3 is 2.49 bits per heavy atom. The van der Waals surface area contributed by atoms with E-state index in [1.807, 2.05) is 35.0 Å². The van der Waals surface area contributed by atoms with Crippen LogP contribution in [0, 0.1) is 5.41 Å². The van der Waals surface area contributed by atoms with E-state index in [1.165, 1.54) is 0 Å². The third-order valence-electron chi connectivity index (χ3n) is 10.6. The molecule has 2 atom stereocenters. The number of benzene rings is 2. The maximum absolute atomic E-state index is 10.1. The van der Waals surface area contributed by atoms with Crippen LogP contribution in [0.15, 0.2) is 65.9 Å². The number of rotatable bonds is 8. The van der Waals surface area contributed by atoms with Gasteiger partial charge in [0.2, 0.25) is 8.32 Å². The van der Waals surface area contributed by atoms with Gasteiger partial charge < -0.3 is 26.3 Å². The Labute approximate surface area is 269 Å². The van der Waals surface area contributed by atoms with Crippen molar-refractivity contribution in [2.75, 3.05) is 5.32 Å². The van der Waals surface area contributed by atoms with Crippen LogP contribution in [0.25, 0.3) is 16.6 Å². The van der Waals surface area contributed by atoms with Crippen molar-refractivity contribution < 1.29 is 9.53 Å². The second-order valence-corrected chi connectivity index (χ2v) is 19.6. The predicted molar refractivity (Wildman–Crippen MR) is 189 cm³/mol. The van der Waals surface area contributed by atoms with E-state index >= 15 is 0 Å². The Kier molecular flexibility index (Phi) is 8.33. The molecular weight excluding hydrogens is 577 g/mol. The van der Waals surface area contributed by atoms with E-state index in [9.17, 15) is 5.11 Å². The lowest BCUT2D eigenvalue weighted by molar-refractivity contribution is 0.215. The van der Waals surface area contributed by atoms with Crippen LogP contribution in [-0.4, -0.2) is 40.5 Å². The highest BCUT2D eigenvalue weighted by molar-refractivity contribution is 6.74. The first kappa shape index (κ1) is 32.6. The fourth-order valence-electron chi connectivity index (χ4n) is 5.85. The molecule has 0 spiro atoms. The van der Waals surface area contributed by atoms with E-state index in [1.54, 1.807) is 18.3 Å². The lowest BCUT2D eigenvalue weighted by Crippen LogP contribution is -2.51. The van der Waals surface area contributed by atoms with E-state index in [2.05, 4.69) is 79.0 Å². The number of phenolic OH excluding ortho intramolecular Hbond substituents is 1. The van der Waals surface area contributed by atoms with Crippen LogP contribution in [0.1, 0.15) is 72.4 Å². The van der Waals surface area contributed by atoms with Gasteiger partial charge in [-0.05, 0) is 91.8 Å². The molecule has 1 aliphatic carbocycles. The molecule has 2 aromatic carbocycles. The number of anilines is 1. The van der Waals surface area contributed by atoms with Crippen molar-refractivity contribution in [1.29, 1.82) is 0 Å². The van der Waals surface area contributed by atoms with Crippen molar-refractivity contribution in [2.24, 2.45) is 21.9 Å². The third-order valence-corrected chi connectivity index (χ3v) is 14.9. The minimum Gasteiger partial charge on any atom is -0.543 e. The SMILES string of the molecule is CCc1cc(O[Si](C)(C)C(C)(C)C)ccc1N=C(N)c1cnn2cc(-c3cccc(O)c3)cc2c1N[C@@H]1CC[C@](C)(N)C1(C)C. The van der Waals surface area contributed by atoms with Crippen LogP contribution in [0.4, 0.5) is 11.4 Å². The first-order valence-corrected chi connectivity index (χ1v) is 18.9. The molecule has 2 aromatic heterocycles. The minimum absolute atomic E-state index is 0.102. The van der Waals surface area contributed by atoms with Crippen LogP contribution < -0.4 is 21.2 Å². The summed E-state index contributed by atoms with van der Waals surface area (Å²) in [6.07, 6.45) is 6.39. The molecule has 8 nitrogen and oxygen atoms in total. The zero-order valence-corrected chi connectivity index (χ0v) is 29.3. The van der Waals surface area contributed by atoms with E-state index in [4.69, 9.17) is 26.0 Å². The quantitative estimate of drug-likeness (QED) is 0.0893. The largest absolute Gasteiger partial charge is 0.543 e. The predicted octanol–water partition coefficient (Wildman–Crippen LogP) is 8.01. The second-order valence-electron chi connectivity index (χ2n) is 14.9. The van der Waals surface area contributed by atoms with E-state index in [-0.39, 0.29) is 27.8 Å². The van der Waals surface area contributed by atoms with Crippen molar-refractivity contribution in [1.82, 2.24) is 9.61 Å². The molecule has 4 aromatic rings. The summed E-state index contributed by atoms with van der Waals surface area (Å²) >= 11 is 0. The van der Waals surface area contributed by atoms with Crippen LogP contribution in [0.5, 0.6) is 11.5 Å². The van der Waals surface area contributed by atoms with Gasteiger partial charge in [-0.25, -0.2) is 9.51 Å².